The number of ether oxygens (including phenoxy) is 1. The molecule has 2 N–H and O–H groups in total. The third kappa shape index (κ3) is 6.35. The number of hydrogen-bond acceptors (Lipinski definition) is 4. The summed E-state index contributed by atoms with van der Waals surface area (Å²) in [6.45, 7) is 0.720. The van der Waals surface area contributed by atoms with Gasteiger partial charge in [0, 0.05) is 18.3 Å². The van der Waals surface area contributed by atoms with Crippen molar-refractivity contribution in [2.75, 3.05) is 18.4 Å². The zero-order valence-corrected chi connectivity index (χ0v) is 18.0. The molecule has 0 atom stereocenters. The lowest BCUT2D eigenvalue weighted by molar-refractivity contribution is -0.116. The molecule has 0 heterocycles. The Labute approximate surface area is 178 Å². The Morgan fingerprint density at radius 3 is 2.33 bits per heavy atom. The minimum atomic E-state index is -3.70. The maximum absolute atomic E-state index is 12.5. The van der Waals surface area contributed by atoms with Crippen LogP contribution >= 0.6 is 0 Å². The average Bonchev–Trinajstić information content (AvgIpc) is 2.77. The van der Waals surface area contributed by atoms with Gasteiger partial charge in [0.05, 0.1) is 12.0 Å². The number of hydrogen-bond donors (Lipinski definition) is 2. The van der Waals surface area contributed by atoms with Crippen molar-refractivity contribution >= 4 is 27.7 Å². The quantitative estimate of drug-likeness (QED) is 0.617. The predicted molar refractivity (Wildman–Crippen MR) is 119 cm³/mol. The second-order valence-electron chi connectivity index (χ2n) is 7.49. The fraction of sp³-hybridized carbons (Fsp3) is 0.348. The number of sulfonamides is 1. The van der Waals surface area contributed by atoms with Crippen molar-refractivity contribution in [2.24, 2.45) is 5.92 Å². The number of carbonyl (C=O) groups is 1. The highest BCUT2D eigenvalue weighted by atomic mass is 32.2. The standard InChI is InChI=1S/C23H28N2O4S/c1-29-21-12-10-20(11-13-21)25-30(27,28)22-14-7-18(8-15-22)9-16-23(26)24-17-19-5-3-2-4-6-19/h7-16,19,25H,2-6,17H2,1H3,(H,24,26)/b16-9+. The first-order valence-electron chi connectivity index (χ1n) is 10.2. The lowest BCUT2D eigenvalue weighted by Crippen LogP contribution is -2.28. The van der Waals surface area contributed by atoms with Gasteiger partial charge in [0.2, 0.25) is 5.91 Å². The highest BCUT2D eigenvalue weighted by molar-refractivity contribution is 7.92. The molecule has 160 valence electrons. The number of amides is 1. The normalized spacial score (nSPS) is 15.1. The van der Waals surface area contributed by atoms with Gasteiger partial charge in [-0.3, -0.25) is 9.52 Å². The Balaban J connectivity index is 1.55. The van der Waals surface area contributed by atoms with Gasteiger partial charge in [-0.2, -0.15) is 0 Å². The van der Waals surface area contributed by atoms with Crippen LogP contribution in [0.4, 0.5) is 5.69 Å². The van der Waals surface area contributed by atoms with E-state index in [2.05, 4.69) is 10.0 Å². The molecule has 0 aromatic heterocycles. The van der Waals surface area contributed by atoms with E-state index >= 15 is 0 Å². The van der Waals surface area contributed by atoms with Gasteiger partial charge in [0.15, 0.2) is 0 Å². The molecule has 6 nitrogen and oxygen atoms in total. The van der Waals surface area contributed by atoms with E-state index in [1.54, 1.807) is 49.6 Å². The fourth-order valence-electron chi connectivity index (χ4n) is 3.50. The average molecular weight is 429 g/mol. The van der Waals surface area contributed by atoms with Crippen LogP contribution in [-0.4, -0.2) is 28.0 Å². The molecule has 7 heteroatoms. The molecule has 2 aromatic rings. The molecule has 0 radical (unpaired) electrons. The smallest absolute Gasteiger partial charge is 0.261 e. The van der Waals surface area contributed by atoms with E-state index in [4.69, 9.17) is 4.74 Å². The van der Waals surface area contributed by atoms with Crippen LogP contribution in [0, 0.1) is 5.92 Å². The van der Waals surface area contributed by atoms with Gasteiger partial charge in [-0.15, -0.1) is 0 Å². The molecule has 1 aliphatic carbocycles. The molecule has 0 aliphatic heterocycles. The van der Waals surface area contributed by atoms with Crippen molar-refractivity contribution in [3.63, 3.8) is 0 Å². The highest BCUT2D eigenvalue weighted by Crippen LogP contribution is 2.23. The summed E-state index contributed by atoms with van der Waals surface area (Å²) in [5, 5.41) is 2.95. The summed E-state index contributed by atoms with van der Waals surface area (Å²) < 4.78 is 32.7. The van der Waals surface area contributed by atoms with Gasteiger partial charge >= 0.3 is 0 Å². The van der Waals surface area contributed by atoms with Gasteiger partial charge in [-0.25, -0.2) is 8.42 Å². The van der Waals surface area contributed by atoms with Crippen molar-refractivity contribution in [2.45, 2.75) is 37.0 Å². The Bertz CT molecular complexity index is 961. The molecule has 2 aromatic carbocycles. The van der Waals surface area contributed by atoms with Crippen LogP contribution in [0.25, 0.3) is 6.08 Å². The first-order valence-corrected chi connectivity index (χ1v) is 11.7. The first-order chi connectivity index (χ1) is 14.5. The van der Waals surface area contributed by atoms with E-state index in [9.17, 15) is 13.2 Å². The minimum Gasteiger partial charge on any atom is -0.497 e. The number of rotatable bonds is 8. The molecule has 1 saturated carbocycles. The largest absolute Gasteiger partial charge is 0.497 e. The third-order valence-electron chi connectivity index (χ3n) is 5.25. The summed E-state index contributed by atoms with van der Waals surface area (Å²) >= 11 is 0. The van der Waals surface area contributed by atoms with Gasteiger partial charge in [-0.1, -0.05) is 31.4 Å². The van der Waals surface area contributed by atoms with Crippen LogP contribution in [0.3, 0.4) is 0 Å². The first kappa shape index (κ1) is 21.9. The summed E-state index contributed by atoms with van der Waals surface area (Å²) in [7, 11) is -2.15. The Morgan fingerprint density at radius 1 is 1.03 bits per heavy atom. The molecule has 0 bridgehead atoms. The number of carbonyl (C=O) groups excluding carboxylic acids is 1. The summed E-state index contributed by atoms with van der Waals surface area (Å²) in [4.78, 5) is 12.2. The van der Waals surface area contributed by atoms with Crippen molar-refractivity contribution in [1.29, 1.82) is 0 Å². The molecule has 3 rings (SSSR count). The molecule has 0 spiro atoms. The van der Waals surface area contributed by atoms with E-state index in [0.717, 1.165) is 12.1 Å². The van der Waals surface area contributed by atoms with Crippen molar-refractivity contribution < 1.29 is 17.9 Å². The molecule has 1 amide bonds. The SMILES string of the molecule is COc1ccc(NS(=O)(=O)c2ccc(/C=C/C(=O)NCC3CCCCC3)cc2)cc1. The second-order valence-corrected chi connectivity index (χ2v) is 9.17. The number of methoxy groups -OCH3 is 1. The van der Waals surface area contributed by atoms with Crippen molar-refractivity contribution in [3.8, 4) is 5.75 Å². The molecule has 0 saturated heterocycles. The van der Waals surface area contributed by atoms with Gasteiger partial charge in [-0.05, 0) is 66.8 Å². The number of benzene rings is 2. The lowest BCUT2D eigenvalue weighted by Gasteiger charge is -2.21. The number of nitrogens with one attached hydrogen (secondary N) is 2. The molecule has 1 fully saturated rings. The summed E-state index contributed by atoms with van der Waals surface area (Å²) in [5.74, 6) is 1.11. The second kappa shape index (κ2) is 10.3. The Morgan fingerprint density at radius 2 is 1.70 bits per heavy atom. The lowest BCUT2D eigenvalue weighted by atomic mass is 9.89. The fourth-order valence-corrected chi connectivity index (χ4v) is 4.56. The summed E-state index contributed by atoms with van der Waals surface area (Å²) in [5.41, 5.74) is 1.21. The van der Waals surface area contributed by atoms with Crippen LogP contribution in [0.1, 0.15) is 37.7 Å². The molecule has 0 unspecified atom stereocenters. The van der Waals surface area contributed by atoms with E-state index < -0.39 is 10.0 Å². The van der Waals surface area contributed by atoms with Crippen LogP contribution in [0.2, 0.25) is 0 Å². The Kier molecular flexibility index (Phi) is 7.52. The van der Waals surface area contributed by atoms with Gasteiger partial charge < -0.3 is 10.1 Å². The number of anilines is 1. The highest BCUT2D eigenvalue weighted by Gasteiger charge is 2.15. The summed E-state index contributed by atoms with van der Waals surface area (Å²) in [6.07, 6.45) is 9.34. The third-order valence-corrected chi connectivity index (χ3v) is 6.65. The Hall–Kier alpha value is -2.80. The van der Waals surface area contributed by atoms with Gasteiger partial charge in [0.1, 0.15) is 5.75 Å². The predicted octanol–water partition coefficient (Wildman–Crippen LogP) is 4.21. The van der Waals surface area contributed by atoms with Crippen LogP contribution < -0.4 is 14.8 Å². The van der Waals surface area contributed by atoms with Gasteiger partial charge in [0.25, 0.3) is 10.0 Å². The van der Waals surface area contributed by atoms with E-state index in [-0.39, 0.29) is 10.8 Å². The summed E-state index contributed by atoms with van der Waals surface area (Å²) in [6, 6.07) is 13.0. The van der Waals surface area contributed by atoms with Crippen molar-refractivity contribution in [1.82, 2.24) is 5.32 Å². The minimum absolute atomic E-state index is 0.126. The monoisotopic (exact) mass is 428 g/mol. The van der Waals surface area contributed by atoms with E-state index in [1.807, 2.05) is 0 Å². The maximum Gasteiger partial charge on any atom is 0.261 e. The zero-order chi connectivity index (χ0) is 21.4. The van der Waals surface area contributed by atoms with E-state index in [0.29, 0.717) is 17.4 Å². The molecular formula is C23H28N2O4S. The van der Waals surface area contributed by atoms with Crippen LogP contribution in [0.5, 0.6) is 5.75 Å². The topological polar surface area (TPSA) is 84.5 Å². The molecule has 1 aliphatic rings. The van der Waals surface area contributed by atoms with Crippen molar-refractivity contribution in [3.05, 3.63) is 60.2 Å². The van der Waals surface area contributed by atoms with Crippen LogP contribution in [0.15, 0.2) is 59.5 Å². The van der Waals surface area contributed by atoms with E-state index in [1.165, 1.54) is 50.3 Å². The molecule has 30 heavy (non-hydrogen) atoms. The van der Waals surface area contributed by atoms with Crippen LogP contribution in [-0.2, 0) is 14.8 Å². The zero-order valence-electron chi connectivity index (χ0n) is 17.1. The molecular weight excluding hydrogens is 400 g/mol. The maximum atomic E-state index is 12.5.